The molecular formula is C15H26N2. The summed E-state index contributed by atoms with van der Waals surface area (Å²) in [6, 6.07) is 8.95. The van der Waals surface area contributed by atoms with Crippen LogP contribution in [0.2, 0.25) is 0 Å². The molecular weight excluding hydrogens is 208 g/mol. The minimum absolute atomic E-state index is 0.0947. The highest BCUT2D eigenvalue weighted by atomic mass is 14.7. The summed E-state index contributed by atoms with van der Waals surface area (Å²) in [6.45, 7) is 9.41. The first-order valence-corrected chi connectivity index (χ1v) is 6.39. The predicted molar refractivity (Wildman–Crippen MR) is 75.0 cm³/mol. The van der Waals surface area contributed by atoms with Crippen LogP contribution < -0.4 is 11.5 Å². The first kappa shape index (κ1) is 14.2. The van der Waals surface area contributed by atoms with E-state index in [0.717, 1.165) is 6.42 Å². The number of benzene rings is 1. The van der Waals surface area contributed by atoms with Crippen molar-refractivity contribution < 1.29 is 0 Å². The fourth-order valence-electron chi connectivity index (χ4n) is 1.90. The van der Waals surface area contributed by atoms with Crippen LogP contribution >= 0.6 is 0 Å². The third-order valence-corrected chi connectivity index (χ3v) is 3.38. The van der Waals surface area contributed by atoms with Crippen molar-refractivity contribution in [3.63, 3.8) is 0 Å². The Bertz CT molecular complexity index is 335. The van der Waals surface area contributed by atoms with Gasteiger partial charge < -0.3 is 11.5 Å². The van der Waals surface area contributed by atoms with E-state index >= 15 is 0 Å². The topological polar surface area (TPSA) is 52.0 Å². The van der Waals surface area contributed by atoms with Crippen LogP contribution in [0.15, 0.2) is 24.3 Å². The van der Waals surface area contributed by atoms with Crippen molar-refractivity contribution in [2.24, 2.45) is 17.4 Å². The lowest BCUT2D eigenvalue weighted by Gasteiger charge is -2.21. The molecule has 2 heteroatoms. The van der Waals surface area contributed by atoms with Crippen molar-refractivity contribution in [1.29, 1.82) is 0 Å². The van der Waals surface area contributed by atoms with Gasteiger partial charge in [-0.3, -0.25) is 0 Å². The van der Waals surface area contributed by atoms with Crippen molar-refractivity contribution in [1.82, 2.24) is 0 Å². The quantitative estimate of drug-likeness (QED) is 0.840. The van der Waals surface area contributed by atoms with Crippen LogP contribution in [0.25, 0.3) is 0 Å². The van der Waals surface area contributed by atoms with Gasteiger partial charge in [0.05, 0.1) is 0 Å². The molecule has 2 nitrogen and oxygen atoms in total. The second kappa shape index (κ2) is 5.65. The van der Waals surface area contributed by atoms with Crippen LogP contribution in [0, 0.1) is 5.92 Å². The fraction of sp³-hybridized carbons (Fsp3) is 0.600. The summed E-state index contributed by atoms with van der Waals surface area (Å²) < 4.78 is 0. The summed E-state index contributed by atoms with van der Waals surface area (Å²) in [5, 5.41) is 0. The number of rotatable bonds is 4. The van der Waals surface area contributed by atoms with Gasteiger partial charge in [0.15, 0.2) is 0 Å². The Kier molecular flexibility index (Phi) is 4.72. The summed E-state index contributed by atoms with van der Waals surface area (Å²) in [6.07, 6.45) is 1.00. The van der Waals surface area contributed by atoms with Gasteiger partial charge in [0.1, 0.15) is 0 Å². The van der Waals surface area contributed by atoms with E-state index < -0.39 is 0 Å². The van der Waals surface area contributed by atoms with Crippen LogP contribution in [-0.4, -0.2) is 12.6 Å². The van der Waals surface area contributed by atoms with Crippen molar-refractivity contribution in [3.8, 4) is 0 Å². The molecule has 2 atom stereocenters. The molecule has 0 bridgehead atoms. The van der Waals surface area contributed by atoms with E-state index in [0.29, 0.717) is 12.5 Å². The minimum Gasteiger partial charge on any atom is -0.329 e. The van der Waals surface area contributed by atoms with E-state index in [4.69, 9.17) is 11.5 Å². The zero-order valence-electron chi connectivity index (χ0n) is 11.5. The zero-order chi connectivity index (χ0) is 13.1. The Labute approximate surface area is 105 Å². The van der Waals surface area contributed by atoms with Gasteiger partial charge in [-0.1, -0.05) is 52.0 Å². The maximum absolute atomic E-state index is 5.94. The Morgan fingerprint density at radius 2 is 1.65 bits per heavy atom. The normalized spacial score (nSPS) is 15.6. The van der Waals surface area contributed by atoms with E-state index in [1.165, 1.54) is 11.1 Å². The molecule has 4 N–H and O–H groups in total. The molecule has 1 rings (SSSR count). The van der Waals surface area contributed by atoms with Gasteiger partial charge in [-0.25, -0.2) is 0 Å². The van der Waals surface area contributed by atoms with Gasteiger partial charge in [0.2, 0.25) is 0 Å². The van der Waals surface area contributed by atoms with Crippen LogP contribution in [-0.2, 0) is 11.8 Å². The maximum atomic E-state index is 5.94. The van der Waals surface area contributed by atoms with E-state index in [1.54, 1.807) is 0 Å². The largest absolute Gasteiger partial charge is 0.329 e. The molecule has 0 fully saturated rings. The fourth-order valence-corrected chi connectivity index (χ4v) is 1.90. The van der Waals surface area contributed by atoms with Gasteiger partial charge in [0.25, 0.3) is 0 Å². The summed E-state index contributed by atoms with van der Waals surface area (Å²) in [7, 11) is 0. The van der Waals surface area contributed by atoms with Crippen LogP contribution in [0.3, 0.4) is 0 Å². The molecule has 0 heterocycles. The van der Waals surface area contributed by atoms with Crippen molar-refractivity contribution in [2.45, 2.75) is 45.6 Å². The van der Waals surface area contributed by atoms with E-state index in [9.17, 15) is 0 Å². The smallest absolute Gasteiger partial charge is 0.0192 e. The molecule has 0 radical (unpaired) electrons. The average Bonchev–Trinajstić information content (AvgIpc) is 2.27. The molecule has 0 saturated carbocycles. The van der Waals surface area contributed by atoms with Crippen LogP contribution in [0.5, 0.6) is 0 Å². The molecule has 17 heavy (non-hydrogen) atoms. The third kappa shape index (κ3) is 4.14. The van der Waals surface area contributed by atoms with Crippen molar-refractivity contribution >= 4 is 0 Å². The molecule has 1 aromatic rings. The zero-order valence-corrected chi connectivity index (χ0v) is 11.5. The lowest BCUT2D eigenvalue weighted by Crippen LogP contribution is -2.36. The highest BCUT2D eigenvalue weighted by Crippen LogP contribution is 2.23. The van der Waals surface area contributed by atoms with Gasteiger partial charge in [0, 0.05) is 12.6 Å². The summed E-state index contributed by atoms with van der Waals surface area (Å²) in [5.74, 6) is 0.431. The van der Waals surface area contributed by atoms with E-state index in [-0.39, 0.29) is 11.5 Å². The second-order valence-electron chi connectivity index (χ2n) is 6.03. The molecule has 96 valence electrons. The maximum Gasteiger partial charge on any atom is 0.0192 e. The third-order valence-electron chi connectivity index (χ3n) is 3.38. The standard InChI is InChI=1S/C15H26N2/c1-11(14(17)10-16)9-12-5-7-13(8-6-12)15(2,3)4/h5-8,11,14H,9-10,16-17H2,1-4H3. The van der Waals surface area contributed by atoms with Gasteiger partial charge in [-0.05, 0) is 28.9 Å². The highest BCUT2D eigenvalue weighted by molar-refractivity contribution is 5.27. The van der Waals surface area contributed by atoms with E-state index in [2.05, 4.69) is 52.0 Å². The summed E-state index contributed by atoms with van der Waals surface area (Å²) in [4.78, 5) is 0. The first-order chi connectivity index (χ1) is 7.84. The number of nitrogens with two attached hydrogens (primary N) is 2. The van der Waals surface area contributed by atoms with Gasteiger partial charge in [-0.2, -0.15) is 0 Å². The van der Waals surface area contributed by atoms with Crippen LogP contribution in [0.4, 0.5) is 0 Å². The molecule has 0 aromatic heterocycles. The number of hydrogen-bond donors (Lipinski definition) is 2. The lowest BCUT2D eigenvalue weighted by molar-refractivity contribution is 0.459. The summed E-state index contributed by atoms with van der Waals surface area (Å²) in [5.41, 5.74) is 14.5. The molecule has 0 aliphatic carbocycles. The van der Waals surface area contributed by atoms with Crippen LogP contribution in [0.1, 0.15) is 38.8 Å². The van der Waals surface area contributed by atoms with Crippen molar-refractivity contribution in [2.75, 3.05) is 6.54 Å². The Balaban J connectivity index is 2.69. The Morgan fingerprint density at radius 1 is 1.12 bits per heavy atom. The average molecular weight is 234 g/mol. The Morgan fingerprint density at radius 3 is 2.06 bits per heavy atom. The van der Waals surface area contributed by atoms with E-state index in [1.807, 2.05) is 0 Å². The first-order valence-electron chi connectivity index (χ1n) is 6.39. The van der Waals surface area contributed by atoms with Gasteiger partial charge in [-0.15, -0.1) is 0 Å². The highest BCUT2D eigenvalue weighted by Gasteiger charge is 2.14. The Hall–Kier alpha value is -0.860. The molecule has 0 aliphatic heterocycles. The number of hydrogen-bond acceptors (Lipinski definition) is 2. The molecule has 0 saturated heterocycles. The molecule has 1 aromatic carbocycles. The lowest BCUT2D eigenvalue weighted by atomic mass is 9.85. The van der Waals surface area contributed by atoms with Gasteiger partial charge >= 0.3 is 0 Å². The predicted octanol–water partition coefficient (Wildman–Crippen LogP) is 2.45. The second-order valence-corrected chi connectivity index (χ2v) is 6.03. The molecule has 0 spiro atoms. The minimum atomic E-state index is 0.0947. The molecule has 0 aliphatic rings. The molecule has 0 amide bonds. The monoisotopic (exact) mass is 234 g/mol. The summed E-state index contributed by atoms with van der Waals surface area (Å²) >= 11 is 0. The SMILES string of the molecule is CC(Cc1ccc(C(C)(C)C)cc1)C(N)CN. The van der Waals surface area contributed by atoms with Crippen molar-refractivity contribution in [3.05, 3.63) is 35.4 Å². The molecule has 2 unspecified atom stereocenters.